The first-order valence-electron chi connectivity index (χ1n) is 8.74. The van der Waals surface area contributed by atoms with Gasteiger partial charge in [-0.1, -0.05) is 23.2 Å². The second-order valence-electron chi connectivity index (χ2n) is 6.80. The van der Waals surface area contributed by atoms with Gasteiger partial charge in [-0.05, 0) is 65.0 Å². The molecule has 0 radical (unpaired) electrons. The van der Waals surface area contributed by atoms with E-state index in [0.717, 1.165) is 46.1 Å². The maximum atomic E-state index is 12.0. The second-order valence-corrected chi connectivity index (χ2v) is 8.50. The van der Waals surface area contributed by atoms with E-state index in [1.165, 1.54) is 0 Å². The van der Waals surface area contributed by atoms with Crippen molar-refractivity contribution in [3.8, 4) is 5.69 Å². The van der Waals surface area contributed by atoms with Crippen molar-refractivity contribution < 1.29 is 4.79 Å². The molecule has 3 aromatic rings. The van der Waals surface area contributed by atoms with Crippen molar-refractivity contribution in [3.05, 3.63) is 67.6 Å². The number of carbonyl (C=O) groups excluding carboxylic acids is 1. The number of nitrogens with two attached hydrogens (primary N) is 1. The number of fused-ring (bicyclic) bond motifs is 1. The van der Waals surface area contributed by atoms with E-state index >= 15 is 0 Å². The monoisotopic (exact) mass is 478 g/mol. The third kappa shape index (κ3) is 3.41. The molecule has 144 valence electrons. The summed E-state index contributed by atoms with van der Waals surface area (Å²) in [6.07, 6.45) is 8.68. The molecule has 2 heterocycles. The molecule has 1 aromatic carbocycles. The van der Waals surface area contributed by atoms with Crippen LogP contribution in [0.1, 0.15) is 40.2 Å². The molecule has 8 heteroatoms. The minimum absolute atomic E-state index is 0.291. The number of hydrogen-bond donors (Lipinski definition) is 1. The number of allylic oxidation sites excluding steroid dienone is 1. The van der Waals surface area contributed by atoms with Gasteiger partial charge in [0.1, 0.15) is 0 Å². The summed E-state index contributed by atoms with van der Waals surface area (Å²) in [5, 5.41) is 5.52. The predicted octanol–water partition coefficient (Wildman–Crippen LogP) is 5.26. The molecule has 2 aromatic heterocycles. The quantitative estimate of drug-likeness (QED) is 0.557. The van der Waals surface area contributed by atoms with Crippen molar-refractivity contribution in [2.45, 2.75) is 19.3 Å². The topological polar surface area (TPSA) is 65.8 Å². The number of aryl methyl sites for hydroxylation is 1. The Morgan fingerprint density at radius 1 is 1.29 bits per heavy atom. The fraction of sp³-hybridized carbons (Fsp3) is 0.200. The Morgan fingerprint density at radius 3 is 2.71 bits per heavy atom. The lowest BCUT2D eigenvalue weighted by molar-refractivity contribution is 0.0994. The van der Waals surface area contributed by atoms with Crippen molar-refractivity contribution in [2.75, 3.05) is 0 Å². The predicted molar refractivity (Wildman–Crippen MR) is 116 cm³/mol. The Bertz CT molecular complexity index is 1130. The molecule has 0 fully saturated rings. The molecule has 0 spiro atoms. The zero-order valence-electron chi connectivity index (χ0n) is 15.0. The molecule has 0 bridgehead atoms. The highest BCUT2D eigenvalue weighted by Crippen LogP contribution is 2.38. The van der Waals surface area contributed by atoms with Crippen LogP contribution >= 0.6 is 39.1 Å². The lowest BCUT2D eigenvalue weighted by Crippen LogP contribution is -2.15. The summed E-state index contributed by atoms with van der Waals surface area (Å²) in [5.74, 6) is -0.540. The summed E-state index contributed by atoms with van der Waals surface area (Å²) in [6, 6.07) is 5.21. The smallest absolute Gasteiger partial charge is 0.269 e. The van der Waals surface area contributed by atoms with Crippen molar-refractivity contribution in [1.82, 2.24) is 14.3 Å². The molecule has 5 nitrogen and oxygen atoms in total. The maximum Gasteiger partial charge on any atom is 0.269 e. The number of nitrogens with zero attached hydrogens (tertiary/aromatic N) is 3. The Hall–Kier alpha value is -2.02. The van der Waals surface area contributed by atoms with Gasteiger partial charge in [-0.25, -0.2) is 4.68 Å². The van der Waals surface area contributed by atoms with Gasteiger partial charge in [-0.15, -0.1) is 0 Å². The lowest BCUT2D eigenvalue weighted by Gasteiger charge is -2.18. The van der Waals surface area contributed by atoms with E-state index in [9.17, 15) is 4.79 Å². The number of rotatable bonds is 3. The van der Waals surface area contributed by atoms with Gasteiger partial charge in [-0.3, -0.25) is 4.79 Å². The maximum absolute atomic E-state index is 12.0. The van der Waals surface area contributed by atoms with Gasteiger partial charge in [0.15, 0.2) is 5.69 Å². The number of carbonyl (C=O) groups is 1. The number of hydrogen-bond acceptors (Lipinski definition) is 2. The van der Waals surface area contributed by atoms with E-state index < -0.39 is 5.91 Å². The van der Waals surface area contributed by atoms with Gasteiger partial charge in [-0.2, -0.15) is 5.10 Å². The largest absolute Gasteiger partial charge is 0.364 e. The highest BCUT2D eigenvalue weighted by atomic mass is 79.9. The SMILES string of the molecule is Cn1cc(Br)c(/C=C2\CCCc3c(C(N)=O)nn(-c4ccc(Cl)cc4Cl)c32)c1. The Labute approximate surface area is 180 Å². The first kappa shape index (κ1) is 19.3. The van der Waals surface area contributed by atoms with Crippen molar-refractivity contribution >= 4 is 56.7 Å². The average Bonchev–Trinajstić information content (AvgIpc) is 3.16. The molecule has 0 unspecified atom stereocenters. The van der Waals surface area contributed by atoms with Crippen LogP contribution in [-0.4, -0.2) is 20.3 Å². The minimum atomic E-state index is -0.540. The fourth-order valence-electron chi connectivity index (χ4n) is 3.62. The summed E-state index contributed by atoms with van der Waals surface area (Å²) >= 11 is 16.1. The van der Waals surface area contributed by atoms with Gasteiger partial charge in [0, 0.05) is 40.1 Å². The summed E-state index contributed by atoms with van der Waals surface area (Å²) < 4.78 is 4.71. The molecule has 1 aliphatic carbocycles. The first-order chi connectivity index (χ1) is 13.3. The second kappa shape index (κ2) is 7.43. The Kier molecular flexibility index (Phi) is 5.12. The van der Waals surface area contributed by atoms with E-state index in [-0.39, 0.29) is 0 Å². The van der Waals surface area contributed by atoms with Gasteiger partial charge in [0.25, 0.3) is 5.91 Å². The molecule has 0 saturated carbocycles. The van der Waals surface area contributed by atoms with Crippen molar-refractivity contribution in [3.63, 3.8) is 0 Å². The first-order valence-corrected chi connectivity index (χ1v) is 10.3. The fourth-order valence-corrected chi connectivity index (χ4v) is 4.65. The number of aromatic nitrogens is 3. The van der Waals surface area contributed by atoms with Crippen LogP contribution in [0.5, 0.6) is 0 Å². The third-order valence-corrected chi connectivity index (χ3v) is 6.00. The third-order valence-electron chi connectivity index (χ3n) is 4.80. The number of amides is 1. The zero-order chi connectivity index (χ0) is 20.0. The Morgan fingerprint density at radius 2 is 2.07 bits per heavy atom. The summed E-state index contributed by atoms with van der Waals surface area (Å²) in [6.45, 7) is 0. The van der Waals surface area contributed by atoms with Crippen LogP contribution in [0.2, 0.25) is 10.0 Å². The summed E-state index contributed by atoms with van der Waals surface area (Å²) in [7, 11) is 1.97. The van der Waals surface area contributed by atoms with Crippen LogP contribution < -0.4 is 5.73 Å². The molecular formula is C20H17BrCl2N4O. The van der Waals surface area contributed by atoms with Crippen LogP contribution in [0.4, 0.5) is 0 Å². The van der Waals surface area contributed by atoms with Crippen LogP contribution in [0, 0.1) is 0 Å². The highest BCUT2D eigenvalue weighted by molar-refractivity contribution is 9.10. The van der Waals surface area contributed by atoms with Crippen molar-refractivity contribution in [2.24, 2.45) is 12.8 Å². The highest BCUT2D eigenvalue weighted by Gasteiger charge is 2.28. The van der Waals surface area contributed by atoms with E-state index in [1.54, 1.807) is 22.9 Å². The molecule has 2 N–H and O–H groups in total. The normalized spacial score (nSPS) is 15.1. The summed E-state index contributed by atoms with van der Waals surface area (Å²) in [5.41, 5.74) is 10.4. The standard InChI is InChI=1S/C20H17BrCl2N4O/c1-26-9-12(15(21)10-26)7-11-3-2-4-14-18(20(24)28)25-27(19(11)14)17-6-5-13(22)8-16(17)23/h5-10H,2-4H2,1H3,(H2,24,28)/b11-7+. The molecule has 0 aliphatic heterocycles. The lowest BCUT2D eigenvalue weighted by atomic mass is 9.90. The van der Waals surface area contributed by atoms with Crippen LogP contribution in [0.15, 0.2) is 35.1 Å². The van der Waals surface area contributed by atoms with E-state index in [1.807, 2.05) is 24.0 Å². The van der Waals surface area contributed by atoms with Crippen molar-refractivity contribution in [1.29, 1.82) is 0 Å². The van der Waals surface area contributed by atoms with Crippen LogP contribution in [0.25, 0.3) is 17.3 Å². The van der Waals surface area contributed by atoms with Gasteiger partial charge in [0.05, 0.1) is 16.4 Å². The van der Waals surface area contributed by atoms with Gasteiger partial charge < -0.3 is 10.3 Å². The van der Waals surface area contributed by atoms with Gasteiger partial charge in [0.2, 0.25) is 0 Å². The Balaban J connectivity index is 1.96. The molecule has 4 rings (SSSR count). The molecule has 0 atom stereocenters. The van der Waals surface area contributed by atoms with E-state index in [4.69, 9.17) is 28.9 Å². The molecule has 1 aliphatic rings. The van der Waals surface area contributed by atoms with Gasteiger partial charge >= 0.3 is 0 Å². The average molecular weight is 480 g/mol. The van der Waals surface area contributed by atoms with E-state index in [0.29, 0.717) is 21.4 Å². The molecular weight excluding hydrogens is 463 g/mol. The molecule has 28 heavy (non-hydrogen) atoms. The van der Waals surface area contributed by atoms with Crippen LogP contribution in [0.3, 0.4) is 0 Å². The number of primary amides is 1. The molecule has 1 amide bonds. The minimum Gasteiger partial charge on any atom is -0.364 e. The number of halogens is 3. The van der Waals surface area contributed by atoms with E-state index in [2.05, 4.69) is 27.1 Å². The molecule has 0 saturated heterocycles. The zero-order valence-corrected chi connectivity index (χ0v) is 18.1. The number of benzene rings is 1. The summed E-state index contributed by atoms with van der Waals surface area (Å²) in [4.78, 5) is 12.0. The van der Waals surface area contributed by atoms with Crippen LogP contribution in [-0.2, 0) is 13.5 Å².